The topological polar surface area (TPSA) is 65.4 Å². The summed E-state index contributed by atoms with van der Waals surface area (Å²) in [7, 11) is 0. The zero-order chi connectivity index (χ0) is 18.2. The molecule has 1 N–H and O–H groups in total. The molecule has 1 unspecified atom stereocenters. The highest BCUT2D eigenvalue weighted by Gasteiger charge is 2.16. The molecule has 3 rings (SSSR count). The van der Waals surface area contributed by atoms with Gasteiger partial charge in [-0.3, -0.25) is 9.48 Å². The first-order valence-electron chi connectivity index (χ1n) is 8.41. The molecule has 7 heteroatoms. The van der Waals surface area contributed by atoms with E-state index in [1.54, 1.807) is 29.7 Å². The van der Waals surface area contributed by atoms with E-state index >= 15 is 0 Å². The van der Waals surface area contributed by atoms with Crippen LogP contribution in [0.1, 0.15) is 17.8 Å². The highest BCUT2D eigenvalue weighted by Crippen LogP contribution is 2.22. The van der Waals surface area contributed by atoms with Crippen LogP contribution >= 0.6 is 11.3 Å². The molecule has 3 aromatic rings. The quantitative estimate of drug-likeness (QED) is 0.628. The van der Waals surface area contributed by atoms with Gasteiger partial charge in [-0.25, -0.2) is 0 Å². The van der Waals surface area contributed by atoms with Gasteiger partial charge in [0, 0.05) is 23.8 Å². The summed E-state index contributed by atoms with van der Waals surface area (Å²) in [6, 6.07) is 13.1. The lowest BCUT2D eigenvalue weighted by atomic mass is 10.2. The molecule has 0 aliphatic carbocycles. The van der Waals surface area contributed by atoms with Gasteiger partial charge in [0.05, 0.1) is 6.61 Å². The molecule has 0 radical (unpaired) electrons. The highest BCUT2D eigenvalue weighted by molar-refractivity contribution is 7.10. The second-order valence-electron chi connectivity index (χ2n) is 5.51. The third kappa shape index (κ3) is 4.86. The van der Waals surface area contributed by atoms with Gasteiger partial charge in [0.2, 0.25) is 0 Å². The lowest BCUT2D eigenvalue weighted by molar-refractivity contribution is -0.123. The van der Waals surface area contributed by atoms with Crippen LogP contribution in [0.3, 0.4) is 0 Å². The molecular formula is C19H21N3O3S. The predicted octanol–water partition coefficient (Wildman–Crippen LogP) is 3.13. The van der Waals surface area contributed by atoms with Crippen molar-refractivity contribution < 1.29 is 14.3 Å². The van der Waals surface area contributed by atoms with E-state index in [4.69, 9.17) is 9.47 Å². The van der Waals surface area contributed by atoms with Crippen LogP contribution in [0.4, 0.5) is 0 Å². The monoisotopic (exact) mass is 371 g/mol. The summed E-state index contributed by atoms with van der Waals surface area (Å²) < 4.78 is 12.8. The summed E-state index contributed by atoms with van der Waals surface area (Å²) >= 11 is 1.64. The van der Waals surface area contributed by atoms with Crippen molar-refractivity contribution in [1.29, 1.82) is 0 Å². The highest BCUT2D eigenvalue weighted by atomic mass is 32.1. The van der Waals surface area contributed by atoms with Crippen molar-refractivity contribution in [3.63, 3.8) is 0 Å². The Hall–Kier alpha value is -2.80. The molecular weight excluding hydrogens is 350 g/mol. The van der Waals surface area contributed by atoms with Crippen molar-refractivity contribution >= 4 is 17.2 Å². The van der Waals surface area contributed by atoms with E-state index in [-0.39, 0.29) is 18.6 Å². The second-order valence-corrected chi connectivity index (χ2v) is 6.49. The molecule has 0 spiro atoms. The van der Waals surface area contributed by atoms with Gasteiger partial charge in [0.15, 0.2) is 6.61 Å². The third-order valence-electron chi connectivity index (χ3n) is 3.71. The predicted molar refractivity (Wildman–Crippen MR) is 101 cm³/mol. The number of thiophene rings is 1. The average molecular weight is 371 g/mol. The standard InChI is InChI=1S/C19H21N3O3S/c1-2-24-15-6-8-16(9-7-15)25-14-19(23)20-13-17(18-5-3-12-26-18)22-11-4-10-21-22/h3-12,17H,2,13-14H2,1H3,(H,20,23). The molecule has 0 aliphatic rings. The molecule has 0 fully saturated rings. The van der Waals surface area contributed by atoms with Crippen molar-refractivity contribution in [2.24, 2.45) is 0 Å². The summed E-state index contributed by atoms with van der Waals surface area (Å²) in [6.07, 6.45) is 3.63. The summed E-state index contributed by atoms with van der Waals surface area (Å²) in [4.78, 5) is 13.3. The number of hydrogen-bond acceptors (Lipinski definition) is 5. The maximum absolute atomic E-state index is 12.1. The molecule has 2 aromatic heterocycles. The number of nitrogens with zero attached hydrogens (tertiary/aromatic N) is 2. The molecule has 2 heterocycles. The molecule has 0 bridgehead atoms. The number of hydrogen-bond donors (Lipinski definition) is 1. The number of amides is 1. The minimum atomic E-state index is -0.174. The largest absolute Gasteiger partial charge is 0.494 e. The first kappa shape index (κ1) is 18.0. The Labute approximate surface area is 156 Å². The molecule has 0 aliphatic heterocycles. The Kier molecular flexibility index (Phi) is 6.27. The fourth-order valence-electron chi connectivity index (χ4n) is 2.48. The number of nitrogens with one attached hydrogen (secondary N) is 1. The Morgan fingerprint density at radius 2 is 1.96 bits per heavy atom. The molecule has 0 saturated carbocycles. The zero-order valence-electron chi connectivity index (χ0n) is 14.5. The number of carbonyl (C=O) groups excluding carboxylic acids is 1. The van der Waals surface area contributed by atoms with Crippen LogP contribution in [0.25, 0.3) is 0 Å². The van der Waals surface area contributed by atoms with E-state index in [2.05, 4.69) is 10.4 Å². The van der Waals surface area contributed by atoms with Crippen molar-refractivity contribution in [1.82, 2.24) is 15.1 Å². The van der Waals surface area contributed by atoms with Gasteiger partial charge in [0.25, 0.3) is 5.91 Å². The smallest absolute Gasteiger partial charge is 0.258 e. The molecule has 1 amide bonds. The second kappa shape index (κ2) is 9.05. The number of aromatic nitrogens is 2. The molecule has 1 atom stereocenters. The molecule has 26 heavy (non-hydrogen) atoms. The van der Waals surface area contributed by atoms with E-state index in [1.807, 2.05) is 53.5 Å². The fourth-order valence-corrected chi connectivity index (χ4v) is 3.30. The summed E-state index contributed by atoms with van der Waals surface area (Å²) in [5.74, 6) is 1.24. The SMILES string of the molecule is CCOc1ccc(OCC(=O)NCC(c2cccs2)n2cccn2)cc1. The van der Waals surface area contributed by atoms with Gasteiger partial charge in [0.1, 0.15) is 17.5 Å². The van der Waals surface area contributed by atoms with E-state index < -0.39 is 0 Å². The van der Waals surface area contributed by atoms with Crippen molar-refractivity contribution in [3.05, 3.63) is 65.1 Å². The van der Waals surface area contributed by atoms with Gasteiger partial charge < -0.3 is 14.8 Å². The van der Waals surface area contributed by atoms with Crippen LogP contribution in [-0.4, -0.2) is 35.4 Å². The van der Waals surface area contributed by atoms with E-state index in [0.717, 1.165) is 10.6 Å². The average Bonchev–Trinajstić information content (AvgIpc) is 3.36. The lowest BCUT2D eigenvalue weighted by Gasteiger charge is -2.17. The van der Waals surface area contributed by atoms with Crippen LogP contribution < -0.4 is 14.8 Å². The maximum Gasteiger partial charge on any atom is 0.258 e. The van der Waals surface area contributed by atoms with Gasteiger partial charge in [-0.15, -0.1) is 11.3 Å². The Balaban J connectivity index is 1.51. The normalized spacial score (nSPS) is 11.7. The molecule has 6 nitrogen and oxygen atoms in total. The first-order chi connectivity index (χ1) is 12.8. The molecule has 136 valence electrons. The van der Waals surface area contributed by atoms with E-state index in [1.165, 1.54) is 0 Å². The number of ether oxygens (including phenoxy) is 2. The van der Waals surface area contributed by atoms with E-state index in [9.17, 15) is 4.79 Å². The number of benzene rings is 1. The van der Waals surface area contributed by atoms with Crippen molar-refractivity contribution in [3.8, 4) is 11.5 Å². The van der Waals surface area contributed by atoms with Crippen LogP contribution in [0, 0.1) is 0 Å². The maximum atomic E-state index is 12.1. The third-order valence-corrected chi connectivity index (χ3v) is 4.69. The van der Waals surface area contributed by atoms with Crippen LogP contribution in [0.5, 0.6) is 11.5 Å². The van der Waals surface area contributed by atoms with Crippen LogP contribution in [-0.2, 0) is 4.79 Å². The van der Waals surface area contributed by atoms with Gasteiger partial charge in [-0.05, 0) is 48.7 Å². The van der Waals surface area contributed by atoms with Gasteiger partial charge in [-0.2, -0.15) is 5.10 Å². The summed E-state index contributed by atoms with van der Waals surface area (Å²) in [6.45, 7) is 2.96. The van der Waals surface area contributed by atoms with Gasteiger partial charge >= 0.3 is 0 Å². The zero-order valence-corrected chi connectivity index (χ0v) is 15.3. The summed E-state index contributed by atoms with van der Waals surface area (Å²) in [5, 5.41) is 9.23. The lowest BCUT2D eigenvalue weighted by Crippen LogP contribution is -2.34. The number of rotatable bonds is 9. The number of carbonyl (C=O) groups is 1. The van der Waals surface area contributed by atoms with Crippen LogP contribution in [0.15, 0.2) is 60.2 Å². The minimum Gasteiger partial charge on any atom is -0.494 e. The Morgan fingerprint density at radius 3 is 2.58 bits per heavy atom. The molecule has 1 aromatic carbocycles. The molecule has 0 saturated heterocycles. The first-order valence-corrected chi connectivity index (χ1v) is 9.29. The van der Waals surface area contributed by atoms with Gasteiger partial charge in [-0.1, -0.05) is 6.07 Å². The Bertz CT molecular complexity index is 752. The summed E-state index contributed by atoms with van der Waals surface area (Å²) in [5.41, 5.74) is 0. The van der Waals surface area contributed by atoms with E-state index in [0.29, 0.717) is 18.9 Å². The van der Waals surface area contributed by atoms with Crippen molar-refractivity contribution in [2.75, 3.05) is 19.8 Å². The Morgan fingerprint density at radius 1 is 1.19 bits per heavy atom. The fraction of sp³-hybridized carbons (Fsp3) is 0.263. The minimum absolute atomic E-state index is 0.0283. The van der Waals surface area contributed by atoms with Crippen molar-refractivity contribution in [2.45, 2.75) is 13.0 Å². The van der Waals surface area contributed by atoms with Crippen LogP contribution in [0.2, 0.25) is 0 Å².